The Kier molecular flexibility index (Phi) is 4.03. The van der Waals surface area contributed by atoms with Crippen LogP contribution in [0.15, 0.2) is 0 Å². The van der Waals surface area contributed by atoms with Crippen LogP contribution in [0.25, 0.3) is 0 Å². The molecule has 0 radical (unpaired) electrons. The predicted octanol–water partition coefficient (Wildman–Crippen LogP) is 1.06. The zero-order valence-corrected chi connectivity index (χ0v) is 5.54. The SMILES string of the molecule is N#CCC(C[N+](=O)[O-])C(F)F. The molecule has 0 spiro atoms. The Labute approximate surface area is 61.6 Å². The molecule has 11 heavy (non-hydrogen) atoms. The fourth-order valence-electron chi connectivity index (χ4n) is 0.542. The molecule has 1 unspecified atom stereocenters. The van der Waals surface area contributed by atoms with Gasteiger partial charge in [0.2, 0.25) is 13.0 Å². The van der Waals surface area contributed by atoms with Crippen molar-refractivity contribution < 1.29 is 13.7 Å². The molecule has 62 valence electrons. The summed E-state index contributed by atoms with van der Waals surface area (Å²) in [5.41, 5.74) is 0. The normalized spacial score (nSPS) is 12.5. The van der Waals surface area contributed by atoms with E-state index in [9.17, 15) is 18.9 Å². The van der Waals surface area contributed by atoms with Crippen molar-refractivity contribution in [3.63, 3.8) is 0 Å². The highest BCUT2D eigenvalue weighted by Gasteiger charge is 2.25. The maximum Gasteiger partial charge on any atom is 0.248 e. The first-order valence-electron chi connectivity index (χ1n) is 2.84. The molecule has 0 heterocycles. The van der Waals surface area contributed by atoms with Gasteiger partial charge in [-0.15, -0.1) is 0 Å². The van der Waals surface area contributed by atoms with E-state index in [0.29, 0.717) is 0 Å². The number of nitrogens with zero attached hydrogens (tertiary/aromatic N) is 2. The molecule has 0 aliphatic heterocycles. The number of alkyl halides is 2. The number of nitro groups is 1. The third-order valence-corrected chi connectivity index (χ3v) is 1.09. The Balaban J connectivity index is 3.91. The van der Waals surface area contributed by atoms with Crippen LogP contribution in [0.2, 0.25) is 0 Å². The molecule has 0 aromatic rings. The van der Waals surface area contributed by atoms with E-state index in [1.165, 1.54) is 6.07 Å². The zero-order valence-electron chi connectivity index (χ0n) is 5.54. The van der Waals surface area contributed by atoms with Crippen LogP contribution in [0.5, 0.6) is 0 Å². The number of hydrogen-bond donors (Lipinski definition) is 0. The summed E-state index contributed by atoms with van der Waals surface area (Å²) in [6.07, 6.45) is -3.27. The van der Waals surface area contributed by atoms with E-state index >= 15 is 0 Å². The maximum atomic E-state index is 11.8. The van der Waals surface area contributed by atoms with Gasteiger partial charge < -0.3 is 0 Å². The Bertz CT molecular complexity index is 178. The lowest BCUT2D eigenvalue weighted by Gasteiger charge is -2.05. The largest absolute Gasteiger partial charge is 0.265 e. The van der Waals surface area contributed by atoms with Crippen molar-refractivity contribution in [3.8, 4) is 6.07 Å². The molecule has 0 bridgehead atoms. The van der Waals surface area contributed by atoms with Gasteiger partial charge in [-0.05, 0) is 0 Å². The van der Waals surface area contributed by atoms with Crippen molar-refractivity contribution >= 4 is 0 Å². The van der Waals surface area contributed by atoms with Crippen LogP contribution in [0.1, 0.15) is 6.42 Å². The molecule has 0 aliphatic carbocycles. The number of nitriles is 1. The van der Waals surface area contributed by atoms with Crippen LogP contribution < -0.4 is 0 Å². The van der Waals surface area contributed by atoms with Crippen molar-refractivity contribution in [2.24, 2.45) is 5.92 Å². The highest BCUT2D eigenvalue weighted by molar-refractivity contribution is 4.76. The summed E-state index contributed by atoms with van der Waals surface area (Å²) in [4.78, 5) is 8.91. The van der Waals surface area contributed by atoms with Crippen LogP contribution in [0, 0.1) is 27.4 Å². The smallest absolute Gasteiger partial charge is 0.248 e. The molecule has 4 nitrogen and oxygen atoms in total. The van der Waals surface area contributed by atoms with Crippen LogP contribution >= 0.6 is 0 Å². The van der Waals surface area contributed by atoms with Crippen molar-refractivity contribution in [3.05, 3.63) is 10.1 Å². The topological polar surface area (TPSA) is 66.9 Å². The molecule has 0 rings (SSSR count). The molecule has 0 N–H and O–H groups in total. The summed E-state index contributed by atoms with van der Waals surface area (Å²) in [7, 11) is 0. The summed E-state index contributed by atoms with van der Waals surface area (Å²) < 4.78 is 23.6. The van der Waals surface area contributed by atoms with Gasteiger partial charge in [0.25, 0.3) is 0 Å². The summed E-state index contributed by atoms with van der Waals surface area (Å²) >= 11 is 0. The van der Waals surface area contributed by atoms with Crippen LogP contribution in [0.4, 0.5) is 8.78 Å². The van der Waals surface area contributed by atoms with E-state index in [1.807, 2.05) is 0 Å². The standard InChI is InChI=1S/C5H6F2N2O2/c6-5(7)4(1-2-8)3-9(10)11/h4-5H,1,3H2. The van der Waals surface area contributed by atoms with Gasteiger partial charge >= 0.3 is 0 Å². The molecule has 0 amide bonds. The second-order valence-electron chi connectivity index (χ2n) is 1.97. The summed E-state index contributed by atoms with van der Waals surface area (Å²) in [5.74, 6) is -1.44. The lowest BCUT2D eigenvalue weighted by molar-refractivity contribution is -0.491. The molecular weight excluding hydrogens is 158 g/mol. The molecular formula is C5H6F2N2O2. The van der Waals surface area contributed by atoms with E-state index in [1.54, 1.807) is 0 Å². The van der Waals surface area contributed by atoms with E-state index in [4.69, 9.17) is 5.26 Å². The highest BCUT2D eigenvalue weighted by atomic mass is 19.3. The minimum atomic E-state index is -2.79. The molecule has 0 saturated carbocycles. The van der Waals surface area contributed by atoms with Gasteiger partial charge in [-0.1, -0.05) is 0 Å². The monoisotopic (exact) mass is 164 g/mol. The Morgan fingerprint density at radius 2 is 2.18 bits per heavy atom. The van der Waals surface area contributed by atoms with Crippen LogP contribution in [-0.4, -0.2) is 17.9 Å². The van der Waals surface area contributed by atoms with E-state index in [-0.39, 0.29) is 0 Å². The molecule has 0 saturated heterocycles. The number of rotatable bonds is 4. The van der Waals surface area contributed by atoms with E-state index in [2.05, 4.69) is 0 Å². The molecule has 0 aromatic heterocycles. The van der Waals surface area contributed by atoms with Crippen molar-refractivity contribution in [1.82, 2.24) is 0 Å². The lowest BCUT2D eigenvalue weighted by Crippen LogP contribution is -2.20. The van der Waals surface area contributed by atoms with Crippen molar-refractivity contribution in [2.75, 3.05) is 6.54 Å². The lowest BCUT2D eigenvalue weighted by atomic mass is 10.1. The second-order valence-corrected chi connectivity index (χ2v) is 1.97. The highest BCUT2D eigenvalue weighted by Crippen LogP contribution is 2.13. The number of hydrogen-bond acceptors (Lipinski definition) is 3. The third-order valence-electron chi connectivity index (χ3n) is 1.09. The minimum absolute atomic E-state index is 0.474. The summed E-state index contributed by atoms with van der Waals surface area (Å²) in [5, 5.41) is 17.7. The van der Waals surface area contributed by atoms with Crippen LogP contribution in [-0.2, 0) is 0 Å². The van der Waals surface area contributed by atoms with Crippen molar-refractivity contribution in [2.45, 2.75) is 12.8 Å². The fourth-order valence-corrected chi connectivity index (χ4v) is 0.542. The predicted molar refractivity (Wildman–Crippen MR) is 31.6 cm³/mol. The summed E-state index contributed by atoms with van der Waals surface area (Å²) in [6, 6.07) is 1.47. The third kappa shape index (κ3) is 4.19. The first-order chi connectivity index (χ1) is 5.07. The summed E-state index contributed by atoms with van der Waals surface area (Å²) in [6.45, 7) is -0.842. The van der Waals surface area contributed by atoms with Crippen molar-refractivity contribution in [1.29, 1.82) is 5.26 Å². The molecule has 0 fully saturated rings. The average Bonchev–Trinajstić information content (AvgIpc) is 1.86. The first kappa shape index (κ1) is 9.75. The maximum absolute atomic E-state index is 11.8. The van der Waals surface area contributed by atoms with Gasteiger partial charge in [-0.25, -0.2) is 8.78 Å². The van der Waals surface area contributed by atoms with Gasteiger partial charge in [0.15, 0.2) is 0 Å². The second kappa shape index (κ2) is 4.55. The molecule has 0 aromatic carbocycles. The van der Waals surface area contributed by atoms with E-state index in [0.717, 1.165) is 0 Å². The van der Waals surface area contributed by atoms with Gasteiger partial charge in [0, 0.05) is 11.3 Å². The zero-order chi connectivity index (χ0) is 8.85. The average molecular weight is 164 g/mol. The molecule has 0 aliphatic rings. The minimum Gasteiger partial charge on any atom is -0.265 e. The molecule has 1 atom stereocenters. The van der Waals surface area contributed by atoms with Gasteiger partial charge in [-0.2, -0.15) is 5.26 Å². The Morgan fingerprint density at radius 3 is 2.45 bits per heavy atom. The van der Waals surface area contributed by atoms with E-state index < -0.39 is 30.2 Å². The number of halogens is 2. The van der Waals surface area contributed by atoms with Gasteiger partial charge in [-0.3, -0.25) is 10.1 Å². The van der Waals surface area contributed by atoms with Gasteiger partial charge in [0.05, 0.1) is 12.0 Å². The Morgan fingerprint density at radius 1 is 1.64 bits per heavy atom. The quantitative estimate of drug-likeness (QED) is 0.460. The first-order valence-corrected chi connectivity index (χ1v) is 2.84. The Hall–Kier alpha value is -1.25. The van der Waals surface area contributed by atoms with Gasteiger partial charge in [0.1, 0.15) is 0 Å². The van der Waals surface area contributed by atoms with Crippen LogP contribution in [0.3, 0.4) is 0 Å². The molecule has 6 heteroatoms. The fraction of sp³-hybridized carbons (Fsp3) is 0.800.